The Morgan fingerprint density at radius 3 is 2.53 bits per heavy atom. The standard InChI is InChI=1S/C14H17FN2OS/c1-7-5-13(11(8(2)16)6-12(7)15)19-14-17-9(3)10(4)18-14/h5-6,8H,16H2,1-4H3/t8-/m0/s1. The van der Waals surface area contributed by atoms with Gasteiger partial charge in [-0.15, -0.1) is 0 Å². The van der Waals surface area contributed by atoms with Crippen molar-refractivity contribution in [3.05, 3.63) is 40.5 Å². The SMILES string of the molecule is Cc1cc(Sc2nc(C)c(C)o2)c([C@H](C)N)cc1F. The topological polar surface area (TPSA) is 52.0 Å². The van der Waals surface area contributed by atoms with E-state index in [4.69, 9.17) is 10.2 Å². The maximum absolute atomic E-state index is 13.6. The lowest BCUT2D eigenvalue weighted by molar-refractivity contribution is 0.431. The molecular formula is C14H17FN2OS. The van der Waals surface area contributed by atoms with E-state index in [2.05, 4.69) is 4.98 Å². The Bertz CT molecular complexity index is 588. The third-order valence-corrected chi connectivity index (χ3v) is 3.91. The van der Waals surface area contributed by atoms with Crippen molar-refractivity contribution < 1.29 is 8.81 Å². The van der Waals surface area contributed by atoms with Crippen molar-refractivity contribution in [2.45, 2.75) is 43.9 Å². The number of hydrogen-bond acceptors (Lipinski definition) is 4. The molecule has 3 nitrogen and oxygen atoms in total. The first-order valence-corrected chi connectivity index (χ1v) is 6.87. The van der Waals surface area contributed by atoms with E-state index in [1.807, 2.05) is 20.8 Å². The van der Waals surface area contributed by atoms with Crippen LogP contribution in [0.4, 0.5) is 4.39 Å². The van der Waals surface area contributed by atoms with E-state index in [0.29, 0.717) is 10.8 Å². The van der Waals surface area contributed by atoms with Crippen LogP contribution < -0.4 is 5.73 Å². The minimum atomic E-state index is -0.241. The Morgan fingerprint density at radius 2 is 2.00 bits per heavy atom. The number of halogens is 1. The van der Waals surface area contributed by atoms with Gasteiger partial charge in [0.2, 0.25) is 0 Å². The fraction of sp³-hybridized carbons (Fsp3) is 0.357. The van der Waals surface area contributed by atoms with E-state index in [-0.39, 0.29) is 11.9 Å². The second kappa shape index (κ2) is 5.35. The molecule has 0 spiro atoms. The van der Waals surface area contributed by atoms with Crippen molar-refractivity contribution in [3.63, 3.8) is 0 Å². The molecule has 0 fully saturated rings. The fourth-order valence-corrected chi connectivity index (χ4v) is 2.83. The maximum Gasteiger partial charge on any atom is 0.261 e. The minimum absolute atomic E-state index is 0.239. The molecule has 0 unspecified atom stereocenters. The molecule has 0 aliphatic rings. The highest BCUT2D eigenvalue weighted by atomic mass is 32.2. The molecule has 0 aliphatic carbocycles. The normalized spacial score (nSPS) is 12.7. The van der Waals surface area contributed by atoms with Crippen molar-refractivity contribution in [1.29, 1.82) is 0 Å². The summed E-state index contributed by atoms with van der Waals surface area (Å²) < 4.78 is 19.2. The molecule has 0 amide bonds. The lowest BCUT2D eigenvalue weighted by Gasteiger charge is -2.12. The van der Waals surface area contributed by atoms with Crippen LogP contribution in [0.1, 0.15) is 35.5 Å². The van der Waals surface area contributed by atoms with Crippen LogP contribution in [-0.4, -0.2) is 4.98 Å². The number of oxazole rings is 1. The van der Waals surface area contributed by atoms with Crippen LogP contribution in [0.15, 0.2) is 26.7 Å². The number of aryl methyl sites for hydroxylation is 3. The van der Waals surface area contributed by atoms with Crippen molar-refractivity contribution in [1.82, 2.24) is 4.98 Å². The van der Waals surface area contributed by atoms with E-state index in [1.165, 1.54) is 17.8 Å². The first-order chi connectivity index (χ1) is 8.88. The van der Waals surface area contributed by atoms with Gasteiger partial charge in [-0.1, -0.05) is 0 Å². The van der Waals surface area contributed by atoms with Crippen molar-refractivity contribution in [3.8, 4) is 0 Å². The summed E-state index contributed by atoms with van der Waals surface area (Å²) in [5.74, 6) is 0.556. The molecule has 2 rings (SSSR count). The number of nitrogens with zero attached hydrogens (tertiary/aromatic N) is 1. The predicted octanol–water partition coefficient (Wildman–Crippen LogP) is 3.91. The highest BCUT2D eigenvalue weighted by Crippen LogP contribution is 2.34. The molecule has 0 aliphatic heterocycles. The van der Waals surface area contributed by atoms with Gasteiger partial charge in [0, 0.05) is 10.9 Å². The highest BCUT2D eigenvalue weighted by molar-refractivity contribution is 7.99. The zero-order valence-electron chi connectivity index (χ0n) is 11.5. The van der Waals surface area contributed by atoms with Crippen molar-refractivity contribution >= 4 is 11.8 Å². The van der Waals surface area contributed by atoms with Gasteiger partial charge in [-0.25, -0.2) is 9.37 Å². The van der Waals surface area contributed by atoms with Crippen LogP contribution in [0.5, 0.6) is 0 Å². The minimum Gasteiger partial charge on any atom is -0.436 e. The van der Waals surface area contributed by atoms with Gasteiger partial charge in [0.15, 0.2) is 0 Å². The summed E-state index contributed by atoms with van der Waals surface area (Å²) in [6.45, 7) is 7.33. The second-order valence-electron chi connectivity index (χ2n) is 4.65. The van der Waals surface area contributed by atoms with E-state index in [9.17, 15) is 4.39 Å². The van der Waals surface area contributed by atoms with E-state index in [0.717, 1.165) is 21.9 Å². The molecule has 5 heteroatoms. The zero-order valence-corrected chi connectivity index (χ0v) is 12.3. The van der Waals surface area contributed by atoms with Crippen molar-refractivity contribution in [2.75, 3.05) is 0 Å². The Hall–Kier alpha value is -1.33. The molecule has 0 radical (unpaired) electrons. The number of rotatable bonds is 3. The molecule has 1 heterocycles. The second-order valence-corrected chi connectivity index (χ2v) is 5.64. The van der Waals surface area contributed by atoms with Gasteiger partial charge in [0.1, 0.15) is 11.6 Å². The van der Waals surface area contributed by atoms with Crippen LogP contribution in [0.25, 0.3) is 0 Å². The number of nitrogens with two attached hydrogens (primary N) is 1. The molecule has 1 atom stereocenters. The Morgan fingerprint density at radius 1 is 1.32 bits per heavy atom. The first kappa shape index (κ1) is 14.1. The summed E-state index contributed by atoms with van der Waals surface area (Å²) in [6.07, 6.45) is 0. The van der Waals surface area contributed by atoms with Gasteiger partial charge in [-0.2, -0.15) is 0 Å². The largest absolute Gasteiger partial charge is 0.436 e. The van der Waals surface area contributed by atoms with E-state index >= 15 is 0 Å². The van der Waals surface area contributed by atoms with Gasteiger partial charge in [0.25, 0.3) is 5.22 Å². The van der Waals surface area contributed by atoms with Gasteiger partial charge >= 0.3 is 0 Å². The summed E-state index contributed by atoms with van der Waals surface area (Å²) in [5.41, 5.74) is 8.11. The third kappa shape index (κ3) is 2.98. The van der Waals surface area contributed by atoms with Gasteiger partial charge in [-0.05, 0) is 62.7 Å². The average molecular weight is 280 g/mol. The average Bonchev–Trinajstić information content (AvgIpc) is 2.62. The summed E-state index contributed by atoms with van der Waals surface area (Å²) in [7, 11) is 0. The molecule has 0 bridgehead atoms. The van der Waals surface area contributed by atoms with Crippen LogP contribution in [0, 0.1) is 26.6 Å². The molecule has 102 valence electrons. The van der Waals surface area contributed by atoms with Crippen LogP contribution in [0.3, 0.4) is 0 Å². The summed E-state index contributed by atoms with van der Waals surface area (Å²) in [5, 5.41) is 0.558. The molecule has 2 aromatic rings. The first-order valence-electron chi connectivity index (χ1n) is 6.06. The summed E-state index contributed by atoms with van der Waals surface area (Å²) in [6, 6.07) is 3.04. The fourth-order valence-electron chi connectivity index (χ4n) is 1.70. The maximum atomic E-state index is 13.6. The Kier molecular flexibility index (Phi) is 3.96. The van der Waals surface area contributed by atoms with Crippen LogP contribution >= 0.6 is 11.8 Å². The molecule has 0 saturated heterocycles. The lowest BCUT2D eigenvalue weighted by Crippen LogP contribution is -2.07. The van der Waals surface area contributed by atoms with Gasteiger partial charge < -0.3 is 10.2 Å². The highest BCUT2D eigenvalue weighted by Gasteiger charge is 2.15. The van der Waals surface area contributed by atoms with Gasteiger partial charge in [-0.3, -0.25) is 0 Å². The summed E-state index contributed by atoms with van der Waals surface area (Å²) >= 11 is 1.38. The molecular weight excluding hydrogens is 263 g/mol. The predicted molar refractivity (Wildman–Crippen MR) is 73.8 cm³/mol. The zero-order chi connectivity index (χ0) is 14.2. The third-order valence-electron chi connectivity index (χ3n) is 2.99. The molecule has 1 aromatic carbocycles. The molecule has 19 heavy (non-hydrogen) atoms. The monoisotopic (exact) mass is 280 g/mol. The number of hydrogen-bond donors (Lipinski definition) is 1. The quantitative estimate of drug-likeness (QED) is 0.926. The molecule has 0 saturated carbocycles. The Balaban J connectivity index is 2.41. The van der Waals surface area contributed by atoms with Crippen molar-refractivity contribution in [2.24, 2.45) is 5.73 Å². The summed E-state index contributed by atoms with van der Waals surface area (Å²) in [4.78, 5) is 5.20. The number of aromatic nitrogens is 1. The van der Waals surface area contributed by atoms with E-state index in [1.54, 1.807) is 13.0 Å². The smallest absolute Gasteiger partial charge is 0.261 e. The van der Waals surface area contributed by atoms with Crippen LogP contribution in [0.2, 0.25) is 0 Å². The molecule has 1 aromatic heterocycles. The van der Waals surface area contributed by atoms with Gasteiger partial charge in [0.05, 0.1) is 5.69 Å². The van der Waals surface area contributed by atoms with E-state index < -0.39 is 0 Å². The molecule has 2 N–H and O–H groups in total. The number of benzene rings is 1. The Labute approximate surface area is 116 Å². The van der Waals surface area contributed by atoms with Crippen LogP contribution in [-0.2, 0) is 0 Å². The lowest BCUT2D eigenvalue weighted by atomic mass is 10.1.